The van der Waals surface area contributed by atoms with Gasteiger partial charge in [-0.1, -0.05) is 24.2 Å². The van der Waals surface area contributed by atoms with Crippen LogP contribution in [0.2, 0.25) is 0 Å². The van der Waals surface area contributed by atoms with Crippen molar-refractivity contribution < 1.29 is 4.74 Å². The van der Waals surface area contributed by atoms with Gasteiger partial charge >= 0.3 is 0 Å². The van der Waals surface area contributed by atoms with Crippen molar-refractivity contribution >= 4 is 12.2 Å². The lowest BCUT2D eigenvalue weighted by molar-refractivity contribution is -0.131. The fourth-order valence-corrected chi connectivity index (χ4v) is 2.40. The van der Waals surface area contributed by atoms with Gasteiger partial charge in [-0.2, -0.15) is 5.21 Å². The lowest BCUT2D eigenvalue weighted by Crippen LogP contribution is -2.51. The van der Waals surface area contributed by atoms with Crippen LogP contribution in [-0.4, -0.2) is 32.9 Å². The summed E-state index contributed by atoms with van der Waals surface area (Å²) in [5.74, 6) is 0. The molecule has 1 aliphatic rings. The number of rotatable bonds is 3. The smallest absolute Gasteiger partial charge is 0.238 e. The lowest BCUT2D eigenvalue weighted by atomic mass is 9.64. The summed E-state index contributed by atoms with van der Waals surface area (Å²) in [7, 11) is 0. The Balaban J connectivity index is 2.16. The number of hydrogen-bond donors (Lipinski definition) is 1. The molecule has 15 heavy (non-hydrogen) atoms. The highest BCUT2D eigenvalue weighted by molar-refractivity contribution is 7.71. The van der Waals surface area contributed by atoms with E-state index in [1.54, 1.807) is 0 Å². The number of aromatic amines is 1. The Kier molecular flexibility index (Phi) is 2.64. The van der Waals surface area contributed by atoms with Gasteiger partial charge in [-0.15, -0.1) is 0 Å². The Morgan fingerprint density at radius 2 is 2.40 bits per heavy atom. The highest BCUT2D eigenvalue weighted by Crippen LogP contribution is 2.50. The van der Waals surface area contributed by atoms with Gasteiger partial charge in [0.1, 0.15) is 0 Å². The molecule has 0 spiro atoms. The third-order valence-electron chi connectivity index (χ3n) is 3.30. The SMILES string of the molecule is CCOC1CC(n2[nH]nnc2=S)C1(C)C. The molecule has 0 saturated heterocycles. The normalized spacial score (nSPS) is 28.7. The van der Waals surface area contributed by atoms with Crippen molar-refractivity contribution in [3.05, 3.63) is 4.77 Å². The van der Waals surface area contributed by atoms with E-state index < -0.39 is 0 Å². The molecule has 0 aliphatic heterocycles. The average molecular weight is 228 g/mol. The topological polar surface area (TPSA) is 55.7 Å². The maximum Gasteiger partial charge on any atom is 0.238 e. The van der Waals surface area contributed by atoms with Gasteiger partial charge in [-0.3, -0.25) is 0 Å². The number of aromatic nitrogens is 4. The van der Waals surface area contributed by atoms with Crippen LogP contribution in [-0.2, 0) is 4.74 Å². The van der Waals surface area contributed by atoms with Crippen LogP contribution in [0, 0.1) is 10.2 Å². The molecule has 1 N–H and O–H groups in total. The van der Waals surface area contributed by atoms with E-state index in [-0.39, 0.29) is 5.41 Å². The average Bonchev–Trinajstić information content (AvgIpc) is 2.58. The molecule has 5 nitrogen and oxygen atoms in total. The molecule has 1 fully saturated rings. The van der Waals surface area contributed by atoms with Crippen LogP contribution in [0.25, 0.3) is 0 Å². The second-order valence-electron chi connectivity index (χ2n) is 4.47. The summed E-state index contributed by atoms with van der Waals surface area (Å²) in [5, 5.41) is 10.3. The maximum atomic E-state index is 5.66. The van der Waals surface area contributed by atoms with Crippen molar-refractivity contribution in [3.63, 3.8) is 0 Å². The van der Waals surface area contributed by atoms with Gasteiger partial charge in [-0.05, 0) is 25.6 Å². The molecule has 1 aliphatic carbocycles. The summed E-state index contributed by atoms with van der Waals surface area (Å²) >= 11 is 5.08. The van der Waals surface area contributed by atoms with Crippen molar-refractivity contribution in [2.24, 2.45) is 5.41 Å². The predicted molar refractivity (Wildman–Crippen MR) is 58.1 cm³/mol. The van der Waals surface area contributed by atoms with E-state index in [9.17, 15) is 0 Å². The number of hydrogen-bond acceptors (Lipinski definition) is 4. The van der Waals surface area contributed by atoms with E-state index in [0.29, 0.717) is 16.9 Å². The molecule has 1 aromatic heterocycles. The van der Waals surface area contributed by atoms with Crippen LogP contribution in [0.4, 0.5) is 0 Å². The minimum Gasteiger partial charge on any atom is -0.378 e. The number of H-pyrrole nitrogens is 1. The summed E-state index contributed by atoms with van der Waals surface area (Å²) in [6.45, 7) is 7.15. The summed E-state index contributed by atoms with van der Waals surface area (Å²) in [4.78, 5) is 0. The zero-order chi connectivity index (χ0) is 11.1. The minimum atomic E-state index is 0.0858. The van der Waals surface area contributed by atoms with Crippen LogP contribution in [0.5, 0.6) is 0 Å². The van der Waals surface area contributed by atoms with Crippen molar-refractivity contribution in [1.82, 2.24) is 20.2 Å². The third-order valence-corrected chi connectivity index (χ3v) is 3.58. The quantitative estimate of drug-likeness (QED) is 0.800. The molecule has 84 valence electrons. The first-order valence-corrected chi connectivity index (χ1v) is 5.59. The van der Waals surface area contributed by atoms with Crippen LogP contribution in [0.15, 0.2) is 0 Å². The molecule has 1 saturated carbocycles. The number of ether oxygens (including phenoxy) is 1. The maximum absolute atomic E-state index is 5.66. The highest BCUT2D eigenvalue weighted by Gasteiger charge is 2.50. The summed E-state index contributed by atoms with van der Waals surface area (Å²) in [6.07, 6.45) is 1.27. The van der Waals surface area contributed by atoms with Gasteiger partial charge in [-0.25, -0.2) is 4.68 Å². The Hall–Kier alpha value is -0.750. The van der Waals surface area contributed by atoms with Gasteiger partial charge < -0.3 is 4.74 Å². The lowest BCUT2D eigenvalue weighted by Gasteiger charge is -2.51. The van der Waals surface area contributed by atoms with Gasteiger partial charge in [0.25, 0.3) is 0 Å². The molecular weight excluding hydrogens is 212 g/mol. The molecule has 1 heterocycles. The zero-order valence-corrected chi connectivity index (χ0v) is 10.0. The fraction of sp³-hybridized carbons (Fsp3) is 0.889. The Morgan fingerprint density at radius 3 is 2.87 bits per heavy atom. The molecule has 2 atom stereocenters. The first-order valence-electron chi connectivity index (χ1n) is 5.18. The van der Waals surface area contributed by atoms with Gasteiger partial charge in [0, 0.05) is 12.0 Å². The Morgan fingerprint density at radius 1 is 1.67 bits per heavy atom. The number of nitrogens with zero attached hydrogens (tertiary/aromatic N) is 3. The van der Waals surface area contributed by atoms with Crippen LogP contribution in [0.1, 0.15) is 33.2 Å². The van der Waals surface area contributed by atoms with Crippen LogP contribution >= 0.6 is 12.2 Å². The molecule has 2 rings (SSSR count). The second-order valence-corrected chi connectivity index (χ2v) is 4.83. The summed E-state index contributed by atoms with van der Waals surface area (Å²) in [6, 6.07) is 0.316. The van der Waals surface area contributed by atoms with Crippen molar-refractivity contribution in [3.8, 4) is 0 Å². The van der Waals surface area contributed by atoms with Crippen molar-refractivity contribution in [2.75, 3.05) is 6.61 Å². The minimum absolute atomic E-state index is 0.0858. The van der Waals surface area contributed by atoms with Crippen LogP contribution < -0.4 is 0 Å². The van der Waals surface area contributed by atoms with Gasteiger partial charge in [0.2, 0.25) is 4.77 Å². The Labute approximate surface area is 93.8 Å². The standard InChI is InChI=1S/C9H16N4OS/c1-4-14-7-5-6(9(7,2)3)13-8(15)10-11-12-13/h6-7H,4-5H2,1-3H3,(H,10,12,15). The summed E-state index contributed by atoms with van der Waals surface area (Å²) in [5.41, 5.74) is 0.0858. The summed E-state index contributed by atoms with van der Waals surface area (Å²) < 4.78 is 8.03. The predicted octanol–water partition coefficient (Wildman–Crippen LogP) is 1.71. The van der Waals surface area contributed by atoms with Crippen LogP contribution in [0.3, 0.4) is 0 Å². The molecule has 0 amide bonds. The fourth-order valence-electron chi connectivity index (χ4n) is 2.19. The Bertz CT molecular complexity index is 397. The molecule has 0 bridgehead atoms. The number of nitrogens with one attached hydrogen (secondary N) is 1. The molecule has 6 heteroatoms. The molecular formula is C9H16N4OS. The van der Waals surface area contributed by atoms with E-state index in [1.165, 1.54) is 0 Å². The van der Waals surface area contributed by atoms with E-state index in [0.717, 1.165) is 13.0 Å². The third kappa shape index (κ3) is 1.61. The largest absolute Gasteiger partial charge is 0.378 e. The van der Waals surface area contributed by atoms with Crippen molar-refractivity contribution in [2.45, 2.75) is 39.3 Å². The van der Waals surface area contributed by atoms with E-state index in [1.807, 2.05) is 11.6 Å². The monoisotopic (exact) mass is 228 g/mol. The number of tetrazole rings is 1. The first kappa shape index (κ1) is 10.8. The van der Waals surface area contributed by atoms with Crippen molar-refractivity contribution in [1.29, 1.82) is 0 Å². The molecule has 0 aromatic carbocycles. The zero-order valence-electron chi connectivity index (χ0n) is 9.23. The van der Waals surface area contributed by atoms with E-state index >= 15 is 0 Å². The van der Waals surface area contributed by atoms with Gasteiger partial charge in [0.15, 0.2) is 0 Å². The second kappa shape index (κ2) is 3.68. The molecule has 2 unspecified atom stereocenters. The van der Waals surface area contributed by atoms with E-state index in [2.05, 4.69) is 29.4 Å². The first-order chi connectivity index (χ1) is 7.07. The molecule has 1 aromatic rings. The van der Waals surface area contributed by atoms with E-state index in [4.69, 9.17) is 17.0 Å². The van der Waals surface area contributed by atoms with Gasteiger partial charge in [0.05, 0.1) is 12.1 Å². The molecule has 0 radical (unpaired) electrons. The highest BCUT2D eigenvalue weighted by atomic mass is 32.1.